The Morgan fingerprint density at radius 3 is 2.82 bits per heavy atom. The highest BCUT2D eigenvalue weighted by Crippen LogP contribution is 2.26. The van der Waals surface area contributed by atoms with E-state index >= 15 is 0 Å². The fourth-order valence-corrected chi connectivity index (χ4v) is 2.11. The Labute approximate surface area is 99.3 Å². The van der Waals surface area contributed by atoms with Crippen LogP contribution in [0.1, 0.15) is 18.2 Å². The monoisotopic (exact) mass is 230 g/mol. The molecule has 1 aliphatic rings. The van der Waals surface area contributed by atoms with Crippen LogP contribution in [-0.2, 0) is 0 Å². The summed E-state index contributed by atoms with van der Waals surface area (Å²) in [6.07, 6.45) is 2.76. The van der Waals surface area contributed by atoms with E-state index in [4.69, 9.17) is 4.42 Å². The molecule has 4 heteroatoms. The summed E-state index contributed by atoms with van der Waals surface area (Å²) < 4.78 is 5.52. The van der Waals surface area contributed by atoms with Crippen LogP contribution in [0.5, 0.6) is 5.75 Å². The van der Waals surface area contributed by atoms with Crippen LogP contribution < -0.4 is 5.32 Å². The largest absolute Gasteiger partial charge is 0.508 e. The Bertz CT molecular complexity index is 498. The zero-order valence-corrected chi connectivity index (χ0v) is 9.39. The molecule has 2 N–H and O–H groups in total. The van der Waals surface area contributed by atoms with Gasteiger partial charge >= 0.3 is 0 Å². The van der Waals surface area contributed by atoms with Gasteiger partial charge in [0.05, 0.1) is 0 Å². The summed E-state index contributed by atoms with van der Waals surface area (Å²) in [5.74, 6) is 1.46. The lowest BCUT2D eigenvalue weighted by atomic mass is 10.1. The van der Waals surface area contributed by atoms with Gasteiger partial charge in [0.25, 0.3) is 0 Å². The van der Waals surface area contributed by atoms with Gasteiger partial charge in [-0.1, -0.05) is 0 Å². The normalized spacial score (nSPS) is 19.6. The second-order valence-electron chi connectivity index (χ2n) is 4.31. The first-order valence-electron chi connectivity index (χ1n) is 5.78. The van der Waals surface area contributed by atoms with Gasteiger partial charge in [-0.25, -0.2) is 4.98 Å². The number of phenols is 1. The van der Waals surface area contributed by atoms with E-state index in [0.717, 1.165) is 36.7 Å². The highest BCUT2D eigenvalue weighted by molar-refractivity contribution is 5.58. The summed E-state index contributed by atoms with van der Waals surface area (Å²) in [5, 5.41) is 12.5. The summed E-state index contributed by atoms with van der Waals surface area (Å²) in [7, 11) is 0. The van der Waals surface area contributed by atoms with Gasteiger partial charge in [0.1, 0.15) is 17.7 Å². The lowest BCUT2D eigenvalue weighted by molar-refractivity contribution is 0.457. The molecular weight excluding hydrogens is 216 g/mol. The molecule has 1 aromatic heterocycles. The molecular formula is C13H14N2O2. The summed E-state index contributed by atoms with van der Waals surface area (Å²) in [6.45, 7) is 1.97. The quantitative estimate of drug-likeness (QED) is 0.829. The summed E-state index contributed by atoms with van der Waals surface area (Å²) >= 11 is 0. The number of oxazole rings is 1. The van der Waals surface area contributed by atoms with E-state index in [1.54, 1.807) is 18.4 Å². The topological polar surface area (TPSA) is 58.3 Å². The molecule has 2 heterocycles. The third-order valence-corrected chi connectivity index (χ3v) is 3.09. The van der Waals surface area contributed by atoms with Gasteiger partial charge in [0, 0.05) is 18.0 Å². The summed E-state index contributed by atoms with van der Waals surface area (Å²) in [6, 6.07) is 6.98. The van der Waals surface area contributed by atoms with Crippen molar-refractivity contribution in [3.8, 4) is 17.0 Å². The van der Waals surface area contributed by atoms with Crippen LogP contribution in [0.3, 0.4) is 0 Å². The predicted molar refractivity (Wildman–Crippen MR) is 63.8 cm³/mol. The third-order valence-electron chi connectivity index (χ3n) is 3.09. The molecule has 1 atom stereocenters. The van der Waals surface area contributed by atoms with Gasteiger partial charge in [-0.05, 0) is 37.2 Å². The molecule has 1 saturated heterocycles. The smallest absolute Gasteiger partial charge is 0.199 e. The van der Waals surface area contributed by atoms with E-state index in [1.807, 2.05) is 12.1 Å². The number of aromatic hydroxyl groups is 1. The van der Waals surface area contributed by atoms with E-state index in [0.29, 0.717) is 5.92 Å². The first-order valence-corrected chi connectivity index (χ1v) is 5.78. The number of hydrogen-bond acceptors (Lipinski definition) is 4. The number of aromatic nitrogens is 1. The first-order chi connectivity index (χ1) is 8.33. The van der Waals surface area contributed by atoms with Crippen molar-refractivity contribution in [1.82, 2.24) is 10.3 Å². The molecule has 17 heavy (non-hydrogen) atoms. The second-order valence-corrected chi connectivity index (χ2v) is 4.31. The Morgan fingerprint density at radius 1 is 1.29 bits per heavy atom. The second kappa shape index (κ2) is 4.22. The standard InChI is InChI=1S/C13H14N2O2/c16-11-3-1-9(2-4-11)12-8-17-13(15-12)10-5-6-14-7-10/h1-4,8,10,14,16H,5-7H2. The van der Waals surface area contributed by atoms with E-state index in [9.17, 15) is 5.11 Å². The third kappa shape index (κ3) is 2.03. The van der Waals surface area contributed by atoms with E-state index in [2.05, 4.69) is 10.3 Å². The van der Waals surface area contributed by atoms with Crippen molar-refractivity contribution in [3.63, 3.8) is 0 Å². The van der Waals surface area contributed by atoms with Crippen LogP contribution in [0.4, 0.5) is 0 Å². The number of nitrogens with zero attached hydrogens (tertiary/aromatic N) is 1. The van der Waals surface area contributed by atoms with Crippen LogP contribution in [0.25, 0.3) is 11.3 Å². The molecule has 0 amide bonds. The SMILES string of the molecule is Oc1ccc(-c2coc(C3CCNC3)n2)cc1. The van der Waals surface area contributed by atoms with Crippen LogP contribution >= 0.6 is 0 Å². The number of nitrogens with one attached hydrogen (secondary N) is 1. The van der Waals surface area contributed by atoms with E-state index < -0.39 is 0 Å². The average molecular weight is 230 g/mol. The van der Waals surface area contributed by atoms with Crippen molar-refractivity contribution in [2.75, 3.05) is 13.1 Å². The Balaban J connectivity index is 1.86. The van der Waals surface area contributed by atoms with Crippen molar-refractivity contribution < 1.29 is 9.52 Å². The van der Waals surface area contributed by atoms with Crippen LogP contribution in [0.2, 0.25) is 0 Å². The van der Waals surface area contributed by atoms with Gasteiger partial charge in [-0.15, -0.1) is 0 Å². The maximum absolute atomic E-state index is 9.23. The fraction of sp³-hybridized carbons (Fsp3) is 0.308. The highest BCUT2D eigenvalue weighted by atomic mass is 16.3. The minimum absolute atomic E-state index is 0.262. The summed E-state index contributed by atoms with van der Waals surface area (Å²) in [4.78, 5) is 4.50. The molecule has 0 aliphatic carbocycles. The molecule has 0 radical (unpaired) electrons. The van der Waals surface area contributed by atoms with Crippen LogP contribution in [0, 0.1) is 0 Å². The van der Waals surface area contributed by atoms with Gasteiger partial charge in [0.15, 0.2) is 5.89 Å². The van der Waals surface area contributed by atoms with Crippen molar-refractivity contribution in [2.45, 2.75) is 12.3 Å². The molecule has 1 fully saturated rings. The zero-order valence-electron chi connectivity index (χ0n) is 9.39. The Morgan fingerprint density at radius 2 is 2.12 bits per heavy atom. The summed E-state index contributed by atoms with van der Waals surface area (Å²) in [5.41, 5.74) is 1.79. The molecule has 0 bridgehead atoms. The first kappa shape index (κ1) is 10.4. The van der Waals surface area contributed by atoms with Crippen molar-refractivity contribution >= 4 is 0 Å². The van der Waals surface area contributed by atoms with Gasteiger partial charge in [-0.2, -0.15) is 0 Å². The van der Waals surface area contributed by atoms with Crippen LogP contribution in [0.15, 0.2) is 34.9 Å². The van der Waals surface area contributed by atoms with Crippen molar-refractivity contribution in [1.29, 1.82) is 0 Å². The van der Waals surface area contributed by atoms with Gasteiger partial charge < -0.3 is 14.8 Å². The minimum atomic E-state index is 0.262. The molecule has 0 saturated carbocycles. The number of hydrogen-bond donors (Lipinski definition) is 2. The zero-order chi connectivity index (χ0) is 11.7. The fourth-order valence-electron chi connectivity index (χ4n) is 2.11. The number of phenolic OH excluding ortho intramolecular Hbond substituents is 1. The van der Waals surface area contributed by atoms with E-state index in [1.165, 1.54) is 0 Å². The maximum atomic E-state index is 9.23. The molecule has 4 nitrogen and oxygen atoms in total. The van der Waals surface area contributed by atoms with Gasteiger partial charge in [0.2, 0.25) is 0 Å². The highest BCUT2D eigenvalue weighted by Gasteiger charge is 2.21. The molecule has 88 valence electrons. The maximum Gasteiger partial charge on any atom is 0.199 e. The molecule has 0 spiro atoms. The lowest BCUT2D eigenvalue weighted by Gasteiger charge is -2.00. The predicted octanol–water partition coefficient (Wildman–Crippen LogP) is 2.12. The van der Waals surface area contributed by atoms with Crippen molar-refractivity contribution in [3.05, 3.63) is 36.4 Å². The molecule has 3 rings (SSSR count). The molecule has 1 aromatic carbocycles. The van der Waals surface area contributed by atoms with Crippen LogP contribution in [-0.4, -0.2) is 23.2 Å². The van der Waals surface area contributed by atoms with E-state index in [-0.39, 0.29) is 5.75 Å². The Kier molecular flexibility index (Phi) is 2.57. The molecule has 1 unspecified atom stereocenters. The number of benzene rings is 1. The lowest BCUT2D eigenvalue weighted by Crippen LogP contribution is -2.08. The van der Waals surface area contributed by atoms with Gasteiger partial charge in [-0.3, -0.25) is 0 Å². The molecule has 2 aromatic rings. The molecule has 1 aliphatic heterocycles. The average Bonchev–Trinajstić information content (AvgIpc) is 3.00. The Hall–Kier alpha value is -1.81. The minimum Gasteiger partial charge on any atom is -0.508 e. The number of rotatable bonds is 2. The van der Waals surface area contributed by atoms with Crippen molar-refractivity contribution in [2.24, 2.45) is 0 Å².